The molecule has 2 heterocycles. The molecule has 38 heavy (non-hydrogen) atoms. The number of carboxylic acids is 1. The Hall–Kier alpha value is -2.34. The van der Waals surface area contributed by atoms with E-state index in [0.29, 0.717) is 51.6 Å². The van der Waals surface area contributed by atoms with Crippen molar-refractivity contribution in [1.29, 1.82) is 0 Å². The summed E-state index contributed by atoms with van der Waals surface area (Å²) in [7, 11) is -3.24. The highest BCUT2D eigenvalue weighted by Crippen LogP contribution is 2.33. The molecular weight excluding hydrogens is 508 g/mol. The summed E-state index contributed by atoms with van der Waals surface area (Å²) in [6.45, 7) is 4.72. The van der Waals surface area contributed by atoms with Crippen molar-refractivity contribution in [2.75, 3.05) is 45.0 Å². The van der Waals surface area contributed by atoms with Gasteiger partial charge in [-0.05, 0) is 69.2 Å². The standard InChI is InChI=1S/C27H40N4O6S/c1-2-38(36,37)30-13-11-29(12-14-30)23-16-24(25(32)15-19-3-9-22(10-4-19)27(34)35)31(18-23)26(33)21-7-5-20(17-28)6-8-21/h3-4,9-10,20-21,23-24H,2,5-8,11-18,28H2,1H3,(H,34,35)/t20?,21?,23-,24-/m0/s1. The highest BCUT2D eigenvalue weighted by Gasteiger charge is 2.44. The number of piperazine rings is 1. The van der Waals surface area contributed by atoms with Gasteiger partial charge in [0.05, 0.1) is 17.4 Å². The van der Waals surface area contributed by atoms with E-state index in [-0.39, 0.29) is 41.4 Å². The van der Waals surface area contributed by atoms with Crippen LogP contribution in [0.25, 0.3) is 0 Å². The molecule has 0 aromatic heterocycles. The summed E-state index contributed by atoms with van der Waals surface area (Å²) >= 11 is 0. The van der Waals surface area contributed by atoms with Crippen LogP contribution >= 0.6 is 0 Å². The van der Waals surface area contributed by atoms with Crippen LogP contribution in [-0.4, -0.2) is 102 Å². The summed E-state index contributed by atoms with van der Waals surface area (Å²) in [5, 5.41) is 9.15. The number of carboxylic acid groups (broad SMARTS) is 1. The fourth-order valence-corrected chi connectivity index (χ4v) is 7.21. The number of amides is 1. The van der Waals surface area contributed by atoms with Crippen LogP contribution in [0, 0.1) is 11.8 Å². The Morgan fingerprint density at radius 1 is 1.00 bits per heavy atom. The summed E-state index contributed by atoms with van der Waals surface area (Å²) in [6.07, 6.45) is 4.07. The number of sulfonamides is 1. The van der Waals surface area contributed by atoms with Crippen molar-refractivity contribution >= 4 is 27.7 Å². The Labute approximate surface area is 225 Å². The van der Waals surface area contributed by atoms with E-state index >= 15 is 0 Å². The van der Waals surface area contributed by atoms with Crippen molar-refractivity contribution in [2.45, 2.75) is 57.5 Å². The molecule has 0 spiro atoms. The third kappa shape index (κ3) is 6.44. The number of likely N-dealkylation sites (tertiary alicyclic amines) is 1. The van der Waals surface area contributed by atoms with Crippen LogP contribution in [0.1, 0.15) is 54.9 Å². The van der Waals surface area contributed by atoms with E-state index in [1.54, 1.807) is 24.0 Å². The fraction of sp³-hybridized carbons (Fsp3) is 0.667. The number of hydrogen-bond donors (Lipinski definition) is 2. The first-order valence-corrected chi connectivity index (χ1v) is 15.3. The molecule has 0 unspecified atom stereocenters. The zero-order chi connectivity index (χ0) is 27.4. The number of nitrogens with zero attached hydrogens (tertiary/aromatic N) is 3. The van der Waals surface area contributed by atoms with Gasteiger partial charge >= 0.3 is 5.97 Å². The molecule has 1 aromatic rings. The zero-order valence-electron chi connectivity index (χ0n) is 22.1. The highest BCUT2D eigenvalue weighted by atomic mass is 32.2. The number of hydrogen-bond acceptors (Lipinski definition) is 7. The van der Waals surface area contributed by atoms with E-state index in [0.717, 1.165) is 31.2 Å². The molecule has 2 atom stereocenters. The summed E-state index contributed by atoms with van der Waals surface area (Å²) < 4.78 is 26.1. The first-order chi connectivity index (χ1) is 18.1. The lowest BCUT2D eigenvalue weighted by molar-refractivity contribution is -0.142. The van der Waals surface area contributed by atoms with E-state index < -0.39 is 22.0 Å². The lowest BCUT2D eigenvalue weighted by Crippen LogP contribution is -2.53. The number of Topliss-reactive ketones (excluding diaryl/α,β-unsaturated/α-hetero) is 1. The summed E-state index contributed by atoms with van der Waals surface area (Å²) in [5.74, 6) is -0.605. The molecule has 3 aliphatic rings. The normalized spacial score (nSPS) is 27.4. The largest absolute Gasteiger partial charge is 0.478 e. The second-order valence-corrected chi connectivity index (χ2v) is 13.1. The predicted molar refractivity (Wildman–Crippen MR) is 143 cm³/mol. The second kappa shape index (κ2) is 12.2. The van der Waals surface area contributed by atoms with Crippen LogP contribution in [0.3, 0.4) is 0 Å². The molecule has 2 aliphatic heterocycles. The molecule has 210 valence electrons. The minimum Gasteiger partial charge on any atom is -0.478 e. The van der Waals surface area contributed by atoms with Gasteiger partial charge in [-0.2, -0.15) is 4.31 Å². The fourth-order valence-electron chi connectivity index (χ4n) is 6.12. The van der Waals surface area contributed by atoms with Crippen LogP contribution in [0.5, 0.6) is 0 Å². The lowest BCUT2D eigenvalue weighted by Gasteiger charge is -2.37. The van der Waals surface area contributed by atoms with Crippen molar-refractivity contribution in [3.63, 3.8) is 0 Å². The van der Waals surface area contributed by atoms with Gasteiger partial charge < -0.3 is 15.7 Å². The number of benzene rings is 1. The average molecular weight is 549 g/mol. The molecule has 4 rings (SSSR count). The van der Waals surface area contributed by atoms with E-state index in [9.17, 15) is 22.8 Å². The van der Waals surface area contributed by atoms with Gasteiger partial charge in [-0.25, -0.2) is 13.2 Å². The number of aromatic carboxylic acids is 1. The third-order valence-corrected chi connectivity index (χ3v) is 10.5. The van der Waals surface area contributed by atoms with Crippen LogP contribution in [0.15, 0.2) is 24.3 Å². The van der Waals surface area contributed by atoms with Gasteiger partial charge in [0, 0.05) is 51.1 Å². The molecule has 1 amide bonds. The molecule has 1 aromatic carbocycles. The molecule has 3 fully saturated rings. The SMILES string of the molecule is CCS(=O)(=O)N1CCN([C@H]2C[C@@H](C(=O)Cc3ccc(C(=O)O)cc3)N(C(=O)C3CCC(CN)CC3)C2)CC1. The van der Waals surface area contributed by atoms with E-state index in [1.165, 1.54) is 16.4 Å². The summed E-state index contributed by atoms with van der Waals surface area (Å²) in [4.78, 5) is 42.4. The minimum atomic E-state index is -3.24. The quantitative estimate of drug-likeness (QED) is 0.469. The van der Waals surface area contributed by atoms with Gasteiger partial charge in [-0.1, -0.05) is 12.1 Å². The number of carbonyl (C=O) groups is 3. The summed E-state index contributed by atoms with van der Waals surface area (Å²) in [5.41, 5.74) is 6.72. The molecule has 2 saturated heterocycles. The number of rotatable bonds is 9. The van der Waals surface area contributed by atoms with Crippen molar-refractivity contribution in [1.82, 2.24) is 14.1 Å². The maximum atomic E-state index is 13.7. The zero-order valence-corrected chi connectivity index (χ0v) is 22.9. The Morgan fingerprint density at radius 2 is 1.63 bits per heavy atom. The topological polar surface area (TPSA) is 141 Å². The number of ketones is 1. The summed E-state index contributed by atoms with van der Waals surface area (Å²) in [6, 6.07) is 5.74. The average Bonchev–Trinajstić information content (AvgIpc) is 3.39. The van der Waals surface area contributed by atoms with E-state index in [2.05, 4.69) is 4.90 Å². The van der Waals surface area contributed by atoms with Gasteiger partial charge in [-0.3, -0.25) is 14.5 Å². The smallest absolute Gasteiger partial charge is 0.335 e. The highest BCUT2D eigenvalue weighted by molar-refractivity contribution is 7.89. The van der Waals surface area contributed by atoms with Crippen molar-refractivity contribution in [3.8, 4) is 0 Å². The van der Waals surface area contributed by atoms with Gasteiger partial charge in [0.15, 0.2) is 5.78 Å². The molecule has 1 aliphatic carbocycles. The van der Waals surface area contributed by atoms with Crippen molar-refractivity contribution < 1.29 is 27.9 Å². The molecule has 0 bridgehead atoms. The van der Waals surface area contributed by atoms with E-state index in [4.69, 9.17) is 10.8 Å². The molecule has 11 heteroatoms. The van der Waals surface area contributed by atoms with Gasteiger partial charge in [-0.15, -0.1) is 0 Å². The first-order valence-electron chi connectivity index (χ1n) is 13.7. The molecular formula is C27H40N4O6S. The molecule has 0 radical (unpaired) electrons. The van der Waals surface area contributed by atoms with Crippen LogP contribution in [-0.2, 0) is 26.0 Å². The molecule has 1 saturated carbocycles. The Bertz CT molecular complexity index is 1110. The minimum absolute atomic E-state index is 0.00542. The number of carbonyl (C=O) groups excluding carboxylic acids is 2. The number of nitrogens with two attached hydrogens (primary N) is 1. The Kier molecular flexibility index (Phi) is 9.23. The predicted octanol–water partition coefficient (Wildman–Crippen LogP) is 1.20. The molecule has 3 N–H and O–H groups in total. The molecule has 10 nitrogen and oxygen atoms in total. The van der Waals surface area contributed by atoms with E-state index in [1.807, 2.05) is 0 Å². The third-order valence-electron chi connectivity index (χ3n) is 8.59. The maximum absolute atomic E-state index is 13.7. The second-order valence-electron chi connectivity index (χ2n) is 10.8. The van der Waals surface area contributed by atoms with Gasteiger partial charge in [0.25, 0.3) is 0 Å². The van der Waals surface area contributed by atoms with Crippen LogP contribution in [0.4, 0.5) is 0 Å². The monoisotopic (exact) mass is 548 g/mol. The Morgan fingerprint density at radius 3 is 2.18 bits per heavy atom. The van der Waals surface area contributed by atoms with Crippen LogP contribution < -0.4 is 5.73 Å². The Balaban J connectivity index is 1.47. The lowest BCUT2D eigenvalue weighted by atomic mass is 9.81. The van der Waals surface area contributed by atoms with Crippen molar-refractivity contribution in [3.05, 3.63) is 35.4 Å². The maximum Gasteiger partial charge on any atom is 0.335 e. The van der Waals surface area contributed by atoms with Gasteiger partial charge in [0.1, 0.15) is 0 Å². The van der Waals surface area contributed by atoms with Crippen LogP contribution in [0.2, 0.25) is 0 Å². The first kappa shape index (κ1) is 28.7. The van der Waals surface area contributed by atoms with Crippen molar-refractivity contribution in [2.24, 2.45) is 17.6 Å². The van der Waals surface area contributed by atoms with Gasteiger partial charge in [0.2, 0.25) is 15.9 Å².